The fraction of sp³-hybridized carbons (Fsp3) is 0.333. The van der Waals surface area contributed by atoms with Crippen molar-refractivity contribution in [2.24, 2.45) is 0 Å². The van der Waals surface area contributed by atoms with E-state index in [1.54, 1.807) is 18.3 Å². The van der Waals surface area contributed by atoms with Crippen LogP contribution in [-0.4, -0.2) is 33.0 Å². The number of nitrogens with zero attached hydrogens (tertiary/aromatic N) is 2. The molecule has 28 heavy (non-hydrogen) atoms. The van der Waals surface area contributed by atoms with Crippen LogP contribution in [0.2, 0.25) is 5.02 Å². The third-order valence-electron chi connectivity index (χ3n) is 5.77. The molecule has 2 bridgehead atoms. The van der Waals surface area contributed by atoms with Gasteiger partial charge in [-0.25, -0.2) is 4.98 Å². The summed E-state index contributed by atoms with van der Waals surface area (Å²) in [5.74, 6) is 1.46. The average Bonchev–Trinajstić information content (AvgIpc) is 3.09. The summed E-state index contributed by atoms with van der Waals surface area (Å²) in [6.07, 6.45) is 8.48. The molecule has 7 heteroatoms. The minimum absolute atomic E-state index is 0.00820. The van der Waals surface area contributed by atoms with Gasteiger partial charge in [0.15, 0.2) is 12.4 Å². The molecule has 0 spiro atoms. The molecular weight excluding hydrogens is 376 g/mol. The van der Waals surface area contributed by atoms with Gasteiger partial charge in [-0.2, -0.15) is 0 Å². The molecule has 0 atom stereocenters. The Morgan fingerprint density at radius 3 is 2.86 bits per heavy atom. The number of halogens is 1. The summed E-state index contributed by atoms with van der Waals surface area (Å²) < 4.78 is 7.65. The monoisotopic (exact) mass is 396 g/mol. The van der Waals surface area contributed by atoms with Gasteiger partial charge in [0.25, 0.3) is 5.91 Å². The molecule has 0 aliphatic heterocycles. The summed E-state index contributed by atoms with van der Waals surface area (Å²) in [6, 6.07) is 9.45. The third kappa shape index (κ3) is 2.88. The first-order valence-corrected chi connectivity index (χ1v) is 9.74. The van der Waals surface area contributed by atoms with Crippen LogP contribution in [0.15, 0.2) is 48.9 Å². The van der Waals surface area contributed by atoms with Crippen LogP contribution >= 0.6 is 11.6 Å². The number of aryl methyl sites for hydroxylation is 1. The zero-order valence-corrected chi connectivity index (χ0v) is 16.3. The summed E-state index contributed by atoms with van der Waals surface area (Å²) in [6.45, 7) is 1.92. The zero-order chi connectivity index (χ0) is 19.4. The van der Waals surface area contributed by atoms with Crippen molar-refractivity contribution in [2.45, 2.75) is 37.3 Å². The summed E-state index contributed by atoms with van der Waals surface area (Å²) in [4.78, 5) is 16.8. The lowest BCUT2D eigenvalue weighted by Gasteiger charge is -2.70. The Morgan fingerprint density at radius 1 is 1.25 bits per heavy atom. The normalized spacial score (nSPS) is 24.9. The topological polar surface area (TPSA) is 67.7 Å². The molecule has 2 heterocycles. The number of benzene rings is 1. The maximum Gasteiger partial charge on any atom is 0.258 e. The highest BCUT2D eigenvalue weighted by Crippen LogP contribution is 2.61. The molecule has 6 rings (SSSR count). The van der Waals surface area contributed by atoms with Gasteiger partial charge in [0.1, 0.15) is 5.75 Å². The first-order chi connectivity index (χ1) is 13.5. The fourth-order valence-electron chi connectivity index (χ4n) is 4.56. The number of nitrogens with one attached hydrogen (secondary N) is 2. The van der Waals surface area contributed by atoms with E-state index in [4.69, 9.17) is 16.3 Å². The lowest BCUT2D eigenvalue weighted by molar-refractivity contribution is -0.135. The summed E-state index contributed by atoms with van der Waals surface area (Å²) in [5, 5.41) is 7.42. The molecule has 1 amide bonds. The van der Waals surface area contributed by atoms with Crippen molar-refractivity contribution < 1.29 is 9.53 Å². The van der Waals surface area contributed by atoms with E-state index in [-0.39, 0.29) is 23.6 Å². The molecule has 3 aromatic rings. The minimum Gasteiger partial charge on any atom is -0.484 e. The van der Waals surface area contributed by atoms with Crippen LogP contribution in [0.5, 0.6) is 5.75 Å². The molecule has 3 aliphatic rings. The molecule has 3 aliphatic carbocycles. The zero-order valence-electron chi connectivity index (χ0n) is 15.5. The Morgan fingerprint density at radius 2 is 2.07 bits per heavy atom. The van der Waals surface area contributed by atoms with Gasteiger partial charge in [-0.05, 0) is 62.1 Å². The highest BCUT2D eigenvalue weighted by atomic mass is 35.5. The minimum atomic E-state index is -0.101. The molecule has 6 nitrogen and oxygen atoms in total. The largest absolute Gasteiger partial charge is 0.484 e. The van der Waals surface area contributed by atoms with Crippen molar-refractivity contribution in [3.8, 4) is 5.75 Å². The van der Waals surface area contributed by atoms with Gasteiger partial charge >= 0.3 is 0 Å². The number of hydrogen-bond donors (Lipinski definition) is 2. The van der Waals surface area contributed by atoms with Gasteiger partial charge in [-0.1, -0.05) is 11.6 Å². The Bertz CT molecular complexity index is 1060. The molecule has 3 fully saturated rings. The molecule has 0 radical (unpaired) electrons. The van der Waals surface area contributed by atoms with E-state index in [1.165, 1.54) is 0 Å². The van der Waals surface area contributed by atoms with E-state index >= 15 is 0 Å². The van der Waals surface area contributed by atoms with E-state index in [0.717, 1.165) is 36.2 Å². The maximum absolute atomic E-state index is 12.3. The van der Waals surface area contributed by atoms with Crippen LogP contribution in [0.3, 0.4) is 0 Å². The summed E-state index contributed by atoms with van der Waals surface area (Å²) in [7, 11) is 0. The predicted octanol–water partition coefficient (Wildman–Crippen LogP) is 3.58. The second-order valence-corrected chi connectivity index (χ2v) is 8.45. The summed E-state index contributed by atoms with van der Waals surface area (Å²) >= 11 is 6.01. The van der Waals surface area contributed by atoms with Crippen molar-refractivity contribution in [3.05, 3.63) is 59.5 Å². The Balaban J connectivity index is 1.15. The second-order valence-electron chi connectivity index (χ2n) is 8.04. The average molecular weight is 397 g/mol. The standard InChI is InChI=1S/C21H21ClN4O2/c1-14-9-15(4-5-16(14)22)28-10-18(27)24-20-11-21(12-20,13-20)25-19-17-3-2-7-26(17)8-6-23-19/h2-9H,10-13H2,1H3,(H,23,25)(H,24,27). The molecule has 1 aromatic carbocycles. The van der Waals surface area contributed by atoms with Crippen LogP contribution in [0.1, 0.15) is 24.8 Å². The SMILES string of the molecule is Cc1cc(OCC(=O)NC23CC(Nc4nccn5cccc45)(C2)C3)ccc1Cl. The second kappa shape index (κ2) is 6.14. The molecule has 144 valence electrons. The van der Waals surface area contributed by atoms with Gasteiger partial charge in [0.2, 0.25) is 0 Å². The molecule has 2 aromatic heterocycles. The number of amides is 1. The fourth-order valence-corrected chi connectivity index (χ4v) is 4.68. The van der Waals surface area contributed by atoms with Crippen LogP contribution in [0.4, 0.5) is 5.82 Å². The van der Waals surface area contributed by atoms with Gasteiger partial charge in [0.05, 0.1) is 5.52 Å². The van der Waals surface area contributed by atoms with Crippen LogP contribution in [0, 0.1) is 6.92 Å². The Hall–Kier alpha value is -2.73. The lowest BCUT2D eigenvalue weighted by atomic mass is 9.44. The Kier molecular flexibility index (Phi) is 3.81. The number of hydrogen-bond acceptors (Lipinski definition) is 4. The number of fused-ring (bicyclic) bond motifs is 1. The van der Waals surface area contributed by atoms with Crippen molar-refractivity contribution in [3.63, 3.8) is 0 Å². The van der Waals surface area contributed by atoms with E-state index in [1.807, 2.05) is 41.9 Å². The third-order valence-corrected chi connectivity index (χ3v) is 6.19. The highest BCUT2D eigenvalue weighted by molar-refractivity contribution is 6.31. The predicted molar refractivity (Wildman–Crippen MR) is 108 cm³/mol. The maximum atomic E-state index is 12.3. The van der Waals surface area contributed by atoms with Crippen molar-refractivity contribution in [1.82, 2.24) is 14.7 Å². The number of carbonyl (C=O) groups excluding carboxylic acids is 1. The molecular formula is C21H21ClN4O2. The van der Waals surface area contributed by atoms with Crippen molar-refractivity contribution in [2.75, 3.05) is 11.9 Å². The van der Waals surface area contributed by atoms with E-state index in [2.05, 4.69) is 15.6 Å². The van der Waals surface area contributed by atoms with Gasteiger partial charge < -0.3 is 19.8 Å². The van der Waals surface area contributed by atoms with Gasteiger partial charge in [-0.3, -0.25) is 4.79 Å². The number of rotatable bonds is 6. The Labute approximate surface area is 167 Å². The van der Waals surface area contributed by atoms with Crippen molar-refractivity contribution in [1.29, 1.82) is 0 Å². The van der Waals surface area contributed by atoms with E-state index < -0.39 is 0 Å². The van der Waals surface area contributed by atoms with E-state index in [0.29, 0.717) is 10.8 Å². The number of carbonyl (C=O) groups is 1. The lowest BCUT2D eigenvalue weighted by Crippen LogP contribution is -2.81. The number of anilines is 1. The van der Waals surface area contributed by atoms with Crippen LogP contribution in [-0.2, 0) is 4.79 Å². The first kappa shape index (κ1) is 17.4. The van der Waals surface area contributed by atoms with Gasteiger partial charge in [0, 0.05) is 34.7 Å². The smallest absolute Gasteiger partial charge is 0.258 e. The van der Waals surface area contributed by atoms with Gasteiger partial charge in [-0.15, -0.1) is 0 Å². The number of ether oxygens (including phenoxy) is 1. The summed E-state index contributed by atoms with van der Waals surface area (Å²) in [5.41, 5.74) is 1.94. The van der Waals surface area contributed by atoms with Crippen molar-refractivity contribution >= 4 is 28.8 Å². The van der Waals surface area contributed by atoms with E-state index in [9.17, 15) is 4.79 Å². The molecule has 0 saturated heterocycles. The van der Waals surface area contributed by atoms with Crippen LogP contribution in [0.25, 0.3) is 5.52 Å². The highest BCUT2D eigenvalue weighted by Gasteiger charge is 2.69. The molecule has 2 N–H and O–H groups in total. The number of aromatic nitrogens is 2. The molecule has 0 unspecified atom stereocenters. The van der Waals surface area contributed by atoms with Crippen LogP contribution < -0.4 is 15.4 Å². The molecule has 3 saturated carbocycles. The first-order valence-electron chi connectivity index (χ1n) is 9.36. The quantitative estimate of drug-likeness (QED) is 0.668.